The van der Waals surface area contributed by atoms with Gasteiger partial charge in [0.2, 0.25) is 0 Å². The van der Waals surface area contributed by atoms with E-state index >= 15 is 0 Å². The van der Waals surface area contributed by atoms with E-state index in [1.165, 1.54) is 0 Å². The summed E-state index contributed by atoms with van der Waals surface area (Å²) in [5, 5.41) is 6.66. The third-order valence-electron chi connectivity index (χ3n) is 4.94. The van der Waals surface area contributed by atoms with Crippen LogP contribution in [0.2, 0.25) is 0 Å². The van der Waals surface area contributed by atoms with Crippen LogP contribution in [0.4, 0.5) is 0 Å². The first-order valence-corrected chi connectivity index (χ1v) is 11.2. The minimum absolute atomic E-state index is 0.611. The topological polar surface area (TPSA) is 73.3 Å². The Hall–Kier alpha value is -1.83. The van der Waals surface area contributed by atoms with Gasteiger partial charge in [-0.1, -0.05) is 12.1 Å². The Morgan fingerprint density at radius 2 is 1.83 bits per heavy atom. The predicted molar refractivity (Wildman–Crippen MR) is 120 cm³/mol. The molecule has 1 saturated heterocycles. The SMILES string of the molecule is CCNC(=NCCCOCc1ccc(OC)cc1)NCCCOCC1CCOCC1. The Kier molecular flexibility index (Phi) is 13.0. The van der Waals surface area contributed by atoms with E-state index in [0.29, 0.717) is 19.1 Å². The van der Waals surface area contributed by atoms with Crippen LogP contribution in [0.25, 0.3) is 0 Å². The number of ether oxygens (including phenoxy) is 4. The average molecular weight is 422 g/mol. The smallest absolute Gasteiger partial charge is 0.191 e. The van der Waals surface area contributed by atoms with Crippen molar-refractivity contribution in [3.63, 3.8) is 0 Å². The summed E-state index contributed by atoms with van der Waals surface area (Å²) in [6, 6.07) is 7.95. The molecular formula is C23H39N3O4. The predicted octanol–water partition coefficient (Wildman–Crippen LogP) is 2.99. The van der Waals surface area contributed by atoms with Gasteiger partial charge in [0.15, 0.2) is 5.96 Å². The molecule has 1 aliphatic rings. The van der Waals surface area contributed by atoms with Crippen LogP contribution in [0.1, 0.15) is 38.2 Å². The molecule has 1 fully saturated rings. The molecule has 2 N–H and O–H groups in total. The van der Waals surface area contributed by atoms with Crippen molar-refractivity contribution >= 4 is 5.96 Å². The van der Waals surface area contributed by atoms with Crippen LogP contribution in [0, 0.1) is 5.92 Å². The van der Waals surface area contributed by atoms with Crippen molar-refractivity contribution in [2.24, 2.45) is 10.9 Å². The number of guanidine groups is 1. The number of nitrogens with one attached hydrogen (secondary N) is 2. The second-order valence-electron chi connectivity index (χ2n) is 7.43. The Labute approximate surface area is 181 Å². The molecule has 0 unspecified atom stereocenters. The highest BCUT2D eigenvalue weighted by Crippen LogP contribution is 2.14. The summed E-state index contributed by atoms with van der Waals surface area (Å²) in [7, 11) is 1.67. The summed E-state index contributed by atoms with van der Waals surface area (Å²) >= 11 is 0. The van der Waals surface area contributed by atoms with Crippen molar-refractivity contribution in [2.75, 3.05) is 59.8 Å². The van der Waals surface area contributed by atoms with E-state index in [1.807, 2.05) is 24.3 Å². The van der Waals surface area contributed by atoms with Crippen molar-refractivity contribution < 1.29 is 18.9 Å². The van der Waals surface area contributed by atoms with Gasteiger partial charge in [0, 0.05) is 52.7 Å². The zero-order valence-electron chi connectivity index (χ0n) is 18.7. The Morgan fingerprint density at radius 1 is 1.07 bits per heavy atom. The van der Waals surface area contributed by atoms with E-state index in [2.05, 4.69) is 22.5 Å². The Morgan fingerprint density at radius 3 is 2.57 bits per heavy atom. The van der Waals surface area contributed by atoms with Gasteiger partial charge in [-0.05, 0) is 56.2 Å². The second-order valence-corrected chi connectivity index (χ2v) is 7.43. The fourth-order valence-electron chi connectivity index (χ4n) is 3.16. The lowest BCUT2D eigenvalue weighted by Gasteiger charge is -2.21. The lowest BCUT2D eigenvalue weighted by molar-refractivity contribution is 0.0203. The standard InChI is InChI=1S/C23H39N3O4/c1-3-24-23(26-13-5-15-30-19-21-10-16-28-17-11-21)25-12-4-14-29-18-20-6-8-22(27-2)9-7-20/h6-9,21H,3-5,10-19H2,1-2H3,(H2,24,25,26). The van der Waals surface area contributed by atoms with Crippen molar-refractivity contribution in [3.8, 4) is 5.75 Å². The highest BCUT2D eigenvalue weighted by Gasteiger charge is 2.13. The zero-order valence-corrected chi connectivity index (χ0v) is 18.7. The summed E-state index contributed by atoms with van der Waals surface area (Å²) in [5.41, 5.74) is 1.15. The van der Waals surface area contributed by atoms with Crippen LogP contribution in [0.3, 0.4) is 0 Å². The number of benzene rings is 1. The first-order chi connectivity index (χ1) is 14.8. The molecule has 0 bridgehead atoms. The molecule has 1 heterocycles. The highest BCUT2D eigenvalue weighted by molar-refractivity contribution is 5.79. The molecule has 1 aliphatic heterocycles. The molecule has 7 nitrogen and oxygen atoms in total. The maximum Gasteiger partial charge on any atom is 0.191 e. The van der Waals surface area contributed by atoms with E-state index < -0.39 is 0 Å². The number of aliphatic imine (C=N–C) groups is 1. The van der Waals surface area contributed by atoms with Crippen LogP contribution in [-0.2, 0) is 20.8 Å². The number of hydrogen-bond donors (Lipinski definition) is 2. The summed E-state index contributed by atoms with van der Waals surface area (Å²) in [6.45, 7) is 9.21. The van der Waals surface area contributed by atoms with Gasteiger partial charge in [0.05, 0.1) is 13.7 Å². The van der Waals surface area contributed by atoms with E-state index in [0.717, 1.165) is 89.0 Å². The lowest BCUT2D eigenvalue weighted by atomic mass is 10.0. The number of methoxy groups -OCH3 is 1. The Balaban J connectivity index is 1.50. The molecule has 0 spiro atoms. The molecule has 30 heavy (non-hydrogen) atoms. The average Bonchev–Trinajstić information content (AvgIpc) is 2.79. The molecule has 0 saturated carbocycles. The summed E-state index contributed by atoms with van der Waals surface area (Å²) < 4.78 is 22.1. The van der Waals surface area contributed by atoms with Crippen LogP contribution < -0.4 is 15.4 Å². The fraction of sp³-hybridized carbons (Fsp3) is 0.696. The van der Waals surface area contributed by atoms with Crippen molar-refractivity contribution in [1.29, 1.82) is 0 Å². The number of rotatable bonds is 14. The van der Waals surface area contributed by atoms with E-state index in [1.54, 1.807) is 7.11 Å². The number of hydrogen-bond acceptors (Lipinski definition) is 5. The van der Waals surface area contributed by atoms with Crippen LogP contribution in [-0.4, -0.2) is 65.7 Å². The first kappa shape index (κ1) is 24.4. The number of nitrogens with zero attached hydrogens (tertiary/aromatic N) is 1. The molecule has 7 heteroatoms. The third-order valence-corrected chi connectivity index (χ3v) is 4.94. The molecule has 0 aliphatic carbocycles. The fourth-order valence-corrected chi connectivity index (χ4v) is 3.16. The monoisotopic (exact) mass is 421 g/mol. The van der Waals surface area contributed by atoms with Crippen LogP contribution in [0.15, 0.2) is 29.3 Å². The Bertz CT molecular complexity index is 574. The van der Waals surface area contributed by atoms with Gasteiger partial charge in [0.25, 0.3) is 0 Å². The second kappa shape index (κ2) is 15.9. The van der Waals surface area contributed by atoms with Gasteiger partial charge in [-0.15, -0.1) is 0 Å². The minimum atomic E-state index is 0.611. The molecule has 0 aromatic heterocycles. The van der Waals surface area contributed by atoms with Crippen molar-refractivity contribution in [3.05, 3.63) is 29.8 Å². The van der Waals surface area contributed by atoms with Crippen LogP contribution >= 0.6 is 0 Å². The minimum Gasteiger partial charge on any atom is -0.497 e. The van der Waals surface area contributed by atoms with E-state index in [4.69, 9.17) is 18.9 Å². The molecule has 0 amide bonds. The maximum atomic E-state index is 5.81. The summed E-state index contributed by atoms with van der Waals surface area (Å²) in [5.74, 6) is 2.39. The zero-order chi connectivity index (χ0) is 21.3. The molecule has 1 aromatic rings. The lowest BCUT2D eigenvalue weighted by Crippen LogP contribution is -2.38. The molecule has 0 radical (unpaired) electrons. The van der Waals surface area contributed by atoms with Gasteiger partial charge >= 0.3 is 0 Å². The quantitative estimate of drug-likeness (QED) is 0.273. The van der Waals surface area contributed by atoms with Gasteiger partial charge in [0.1, 0.15) is 5.75 Å². The molecule has 2 rings (SSSR count). The van der Waals surface area contributed by atoms with Gasteiger partial charge in [-0.2, -0.15) is 0 Å². The van der Waals surface area contributed by atoms with Crippen molar-refractivity contribution in [1.82, 2.24) is 10.6 Å². The highest BCUT2D eigenvalue weighted by atomic mass is 16.5. The molecule has 0 atom stereocenters. The molecule has 1 aromatic carbocycles. The normalized spacial score (nSPS) is 15.2. The van der Waals surface area contributed by atoms with E-state index in [-0.39, 0.29) is 0 Å². The van der Waals surface area contributed by atoms with Gasteiger partial charge in [-0.25, -0.2) is 0 Å². The largest absolute Gasteiger partial charge is 0.497 e. The maximum absolute atomic E-state index is 5.81. The molecule has 170 valence electrons. The van der Waals surface area contributed by atoms with Gasteiger partial charge in [-0.3, -0.25) is 4.99 Å². The van der Waals surface area contributed by atoms with Crippen molar-refractivity contribution in [2.45, 2.75) is 39.2 Å². The summed E-state index contributed by atoms with van der Waals surface area (Å²) in [4.78, 5) is 4.62. The van der Waals surface area contributed by atoms with E-state index in [9.17, 15) is 0 Å². The summed E-state index contributed by atoms with van der Waals surface area (Å²) in [6.07, 6.45) is 4.11. The van der Waals surface area contributed by atoms with Crippen LogP contribution in [0.5, 0.6) is 5.75 Å². The third kappa shape index (κ3) is 10.8. The van der Waals surface area contributed by atoms with Gasteiger partial charge < -0.3 is 29.6 Å². The molecular weight excluding hydrogens is 382 g/mol. The first-order valence-electron chi connectivity index (χ1n) is 11.2.